The number of piperidine rings is 1. The van der Waals surface area contributed by atoms with Gasteiger partial charge in [0.25, 0.3) is 17.4 Å². The molecule has 0 radical (unpaired) electrons. The number of fused-ring (bicyclic) bond motifs is 5. The number of nitrogens with zero attached hydrogens (tertiary/aromatic N) is 3. The largest absolute Gasteiger partial charge is 0.422 e. The van der Waals surface area contributed by atoms with Gasteiger partial charge in [0.1, 0.15) is 11.1 Å². The second-order valence-electron chi connectivity index (χ2n) is 12.3. The molecule has 5 heterocycles. The van der Waals surface area contributed by atoms with Gasteiger partial charge in [0.2, 0.25) is 0 Å². The first kappa shape index (κ1) is 29.9. The van der Waals surface area contributed by atoms with Crippen LogP contribution in [0.15, 0.2) is 80.7 Å². The Morgan fingerprint density at radius 3 is 2.61 bits per heavy atom. The predicted molar refractivity (Wildman–Crippen MR) is 175 cm³/mol. The van der Waals surface area contributed by atoms with Crippen molar-refractivity contribution in [3.8, 4) is 0 Å². The van der Waals surface area contributed by atoms with Gasteiger partial charge in [0.05, 0.1) is 24.6 Å². The molecule has 2 unspecified atom stereocenters. The first-order chi connectivity index (χ1) is 22.4. The van der Waals surface area contributed by atoms with Gasteiger partial charge in [-0.15, -0.1) is 0 Å². The average Bonchev–Trinajstić information content (AvgIpc) is 3.07. The quantitative estimate of drug-likeness (QED) is 0.226. The lowest BCUT2D eigenvalue weighted by molar-refractivity contribution is 0.0374. The highest BCUT2D eigenvalue weighted by Crippen LogP contribution is 2.39. The zero-order valence-electron chi connectivity index (χ0n) is 25.6. The van der Waals surface area contributed by atoms with E-state index in [1.54, 1.807) is 36.4 Å². The van der Waals surface area contributed by atoms with Crippen molar-refractivity contribution in [3.63, 3.8) is 0 Å². The van der Waals surface area contributed by atoms with Gasteiger partial charge in [-0.3, -0.25) is 19.3 Å². The maximum atomic E-state index is 13.6. The SMILES string of the molecule is O=C(NCCCN1CCOCC1)c1ccc(N2CC3CC(C2)c2cccc(=O)n2C3)c(NC(=O)c2cc3ccccc3oc2=O)c1. The summed E-state index contributed by atoms with van der Waals surface area (Å²) in [5.41, 5.74) is 2.17. The van der Waals surface area contributed by atoms with Gasteiger partial charge in [-0.05, 0) is 61.7 Å². The standard InChI is InChI=1S/C35H37N5O6/c41-32-8-3-6-29-26-17-23(21-40(29)32)20-39(22-26)30-10-9-25(33(42)36-11-4-12-38-13-15-45-16-14-38)19-28(30)37-34(43)27-18-24-5-1-2-7-31(24)46-35(27)44/h1-3,5-10,18-19,23,26H,4,11-17,20-22H2,(H,36,42)(H,37,43). The Kier molecular flexibility index (Phi) is 8.42. The number of hydrogen-bond acceptors (Lipinski definition) is 8. The average molecular weight is 624 g/mol. The minimum atomic E-state index is -0.735. The van der Waals surface area contributed by atoms with Crippen LogP contribution >= 0.6 is 0 Å². The van der Waals surface area contributed by atoms with Crippen LogP contribution in [0.1, 0.15) is 45.2 Å². The molecular formula is C35H37N5O6. The highest BCUT2D eigenvalue weighted by molar-refractivity contribution is 6.08. The van der Waals surface area contributed by atoms with E-state index in [1.165, 1.54) is 6.07 Å². The van der Waals surface area contributed by atoms with Crippen molar-refractivity contribution in [2.24, 2.45) is 5.92 Å². The first-order valence-corrected chi connectivity index (χ1v) is 15.9. The molecule has 4 aromatic rings. The fraction of sp³-hybridized carbons (Fsp3) is 0.371. The van der Waals surface area contributed by atoms with Gasteiger partial charge in [0.15, 0.2) is 0 Å². The number of hydrogen-bond donors (Lipinski definition) is 2. The summed E-state index contributed by atoms with van der Waals surface area (Å²) in [4.78, 5) is 56.8. The fourth-order valence-corrected chi connectivity index (χ4v) is 6.99. The summed E-state index contributed by atoms with van der Waals surface area (Å²) in [6.07, 6.45) is 1.79. The van der Waals surface area contributed by atoms with Crippen molar-refractivity contribution in [2.75, 3.05) is 62.7 Å². The normalized spacial score (nSPS) is 19.4. The second-order valence-corrected chi connectivity index (χ2v) is 12.3. The summed E-state index contributed by atoms with van der Waals surface area (Å²) >= 11 is 0. The topological polar surface area (TPSA) is 126 Å². The second kappa shape index (κ2) is 12.9. The van der Waals surface area contributed by atoms with E-state index in [-0.39, 0.29) is 28.9 Å². The van der Waals surface area contributed by atoms with E-state index < -0.39 is 11.5 Å². The maximum absolute atomic E-state index is 13.6. The number of nitrogens with one attached hydrogen (secondary N) is 2. The third kappa shape index (κ3) is 6.20. The van der Waals surface area contributed by atoms with Gasteiger partial charge in [-0.25, -0.2) is 4.79 Å². The predicted octanol–water partition coefficient (Wildman–Crippen LogP) is 3.28. The third-order valence-corrected chi connectivity index (χ3v) is 9.25. The molecule has 2 N–H and O–H groups in total. The van der Waals surface area contributed by atoms with E-state index in [0.29, 0.717) is 48.4 Å². The number of benzene rings is 2. The highest BCUT2D eigenvalue weighted by atomic mass is 16.5. The van der Waals surface area contributed by atoms with Crippen LogP contribution in [0, 0.1) is 5.92 Å². The minimum absolute atomic E-state index is 0.0168. The lowest BCUT2D eigenvalue weighted by Crippen LogP contribution is -2.47. The Balaban J connectivity index is 1.15. The van der Waals surface area contributed by atoms with Crippen molar-refractivity contribution in [2.45, 2.75) is 25.3 Å². The van der Waals surface area contributed by atoms with Crippen molar-refractivity contribution in [1.29, 1.82) is 0 Å². The van der Waals surface area contributed by atoms with Crippen LogP contribution < -0.4 is 26.7 Å². The molecule has 0 aliphatic carbocycles. The number of carbonyl (C=O) groups is 2. The number of pyridine rings is 1. The third-order valence-electron chi connectivity index (χ3n) is 9.25. The first-order valence-electron chi connectivity index (χ1n) is 15.9. The summed E-state index contributed by atoms with van der Waals surface area (Å²) in [6.45, 7) is 6.63. The molecule has 0 spiro atoms. The molecular weight excluding hydrogens is 586 g/mol. The Labute approximate surface area is 265 Å². The lowest BCUT2D eigenvalue weighted by atomic mass is 9.83. The summed E-state index contributed by atoms with van der Waals surface area (Å²) < 4.78 is 12.7. The molecule has 11 nitrogen and oxygen atoms in total. The highest BCUT2D eigenvalue weighted by Gasteiger charge is 2.35. The van der Waals surface area contributed by atoms with Crippen LogP contribution in [-0.4, -0.2) is 73.8 Å². The molecule has 2 aromatic heterocycles. The van der Waals surface area contributed by atoms with Gasteiger partial charge in [-0.1, -0.05) is 24.3 Å². The molecule has 238 valence electrons. The van der Waals surface area contributed by atoms with Crippen LogP contribution in [0.4, 0.5) is 11.4 Å². The van der Waals surface area contributed by atoms with Gasteiger partial charge < -0.3 is 29.3 Å². The van der Waals surface area contributed by atoms with Crippen LogP contribution in [-0.2, 0) is 11.3 Å². The van der Waals surface area contributed by atoms with Crippen LogP contribution in [0.25, 0.3) is 11.0 Å². The number of ether oxygens (including phenoxy) is 1. The Bertz CT molecular complexity index is 1890. The number of para-hydroxylation sites is 1. The molecule has 2 amide bonds. The van der Waals surface area contributed by atoms with Crippen molar-refractivity contribution < 1.29 is 18.7 Å². The van der Waals surface area contributed by atoms with E-state index in [0.717, 1.165) is 57.1 Å². The molecule has 0 saturated carbocycles. The molecule has 2 bridgehead atoms. The van der Waals surface area contributed by atoms with Crippen LogP contribution in [0.2, 0.25) is 0 Å². The van der Waals surface area contributed by atoms with E-state index >= 15 is 0 Å². The minimum Gasteiger partial charge on any atom is -0.422 e. The zero-order chi connectivity index (χ0) is 31.6. The lowest BCUT2D eigenvalue weighted by Gasteiger charge is -2.44. The van der Waals surface area contributed by atoms with Crippen molar-refractivity contribution >= 4 is 34.2 Å². The number of carbonyl (C=O) groups excluding carboxylic acids is 2. The fourth-order valence-electron chi connectivity index (χ4n) is 6.99. The Morgan fingerprint density at radius 1 is 0.891 bits per heavy atom. The molecule has 2 saturated heterocycles. The van der Waals surface area contributed by atoms with E-state index in [2.05, 4.69) is 20.4 Å². The van der Waals surface area contributed by atoms with Gasteiger partial charge in [-0.2, -0.15) is 0 Å². The van der Waals surface area contributed by atoms with Gasteiger partial charge >= 0.3 is 5.63 Å². The Hall–Kier alpha value is -4.74. The van der Waals surface area contributed by atoms with Crippen molar-refractivity contribution in [3.05, 3.63) is 104 Å². The molecule has 7 rings (SSSR count). The van der Waals surface area contributed by atoms with Gasteiger partial charge in [0, 0.05) is 67.9 Å². The van der Waals surface area contributed by atoms with E-state index in [4.69, 9.17) is 9.15 Å². The molecule has 3 aliphatic rings. The summed E-state index contributed by atoms with van der Waals surface area (Å²) in [7, 11) is 0. The van der Waals surface area contributed by atoms with E-state index in [9.17, 15) is 19.2 Å². The number of amides is 2. The molecule has 46 heavy (non-hydrogen) atoms. The molecule has 11 heteroatoms. The van der Waals surface area contributed by atoms with Crippen LogP contribution in [0.3, 0.4) is 0 Å². The number of rotatable bonds is 8. The summed E-state index contributed by atoms with van der Waals surface area (Å²) in [5.74, 6) is -0.459. The summed E-state index contributed by atoms with van der Waals surface area (Å²) in [6, 6.07) is 19.3. The number of anilines is 2. The number of morpholine rings is 1. The molecule has 2 atom stereocenters. The van der Waals surface area contributed by atoms with E-state index in [1.807, 2.05) is 28.8 Å². The summed E-state index contributed by atoms with van der Waals surface area (Å²) in [5, 5.41) is 6.58. The molecule has 2 aromatic carbocycles. The van der Waals surface area contributed by atoms with Crippen LogP contribution in [0.5, 0.6) is 0 Å². The smallest absolute Gasteiger partial charge is 0.349 e. The maximum Gasteiger partial charge on any atom is 0.349 e. The molecule has 2 fully saturated rings. The monoisotopic (exact) mass is 623 g/mol. The number of aromatic nitrogens is 1. The zero-order valence-corrected chi connectivity index (χ0v) is 25.6. The molecule has 3 aliphatic heterocycles. The Morgan fingerprint density at radius 2 is 1.74 bits per heavy atom. The van der Waals surface area contributed by atoms with Crippen molar-refractivity contribution in [1.82, 2.24) is 14.8 Å².